The van der Waals surface area contributed by atoms with Gasteiger partial charge >= 0.3 is 0 Å². The molecule has 0 radical (unpaired) electrons. The van der Waals surface area contributed by atoms with Crippen LogP contribution in [0.3, 0.4) is 0 Å². The molecule has 3 heterocycles. The molecule has 0 spiro atoms. The van der Waals surface area contributed by atoms with Gasteiger partial charge in [-0.2, -0.15) is 14.6 Å². The fourth-order valence-electron chi connectivity index (χ4n) is 4.64. The molecule has 3 aromatic carbocycles. The largest absolute Gasteiger partial charge is 0.493 e. The number of hydrogen-bond acceptors (Lipinski definition) is 8. The molecule has 0 saturated heterocycles. The Bertz CT molecular complexity index is 2080. The predicted molar refractivity (Wildman–Crippen MR) is 174 cm³/mol. The predicted octanol–water partition coefficient (Wildman–Crippen LogP) is 6.18. The maximum absolute atomic E-state index is 13.4. The molecule has 222 valence electrons. The van der Waals surface area contributed by atoms with Crippen molar-refractivity contribution in [3.8, 4) is 34.2 Å². The van der Waals surface area contributed by atoms with E-state index in [2.05, 4.69) is 10.1 Å². The summed E-state index contributed by atoms with van der Waals surface area (Å²) >= 11 is 7.78. The van der Waals surface area contributed by atoms with Gasteiger partial charge in [-0.3, -0.25) is 4.79 Å². The highest BCUT2D eigenvalue weighted by molar-refractivity contribution is 7.15. The maximum Gasteiger partial charge on any atom is 0.291 e. The Balaban J connectivity index is 1.36. The molecule has 11 heteroatoms. The average Bonchev–Trinajstić information content (AvgIpc) is 3.73. The Labute approximate surface area is 262 Å². The molecule has 0 aliphatic carbocycles. The second-order valence-electron chi connectivity index (χ2n) is 9.55. The van der Waals surface area contributed by atoms with Gasteiger partial charge in [0, 0.05) is 17.3 Å². The smallest absolute Gasteiger partial charge is 0.291 e. The highest BCUT2D eigenvalue weighted by Crippen LogP contribution is 2.32. The maximum atomic E-state index is 13.4. The molecule has 0 fully saturated rings. The number of para-hydroxylation sites is 1. The first-order chi connectivity index (χ1) is 21.5. The van der Waals surface area contributed by atoms with Gasteiger partial charge in [-0.15, -0.1) is 5.10 Å². The summed E-state index contributed by atoms with van der Waals surface area (Å²) in [6, 6.07) is 21.0. The van der Waals surface area contributed by atoms with Crippen LogP contribution in [0.5, 0.6) is 17.2 Å². The molecular formula is C33H28ClN5O4S. The number of aromatic nitrogens is 5. The van der Waals surface area contributed by atoms with Crippen molar-refractivity contribution in [2.45, 2.75) is 13.8 Å². The third kappa shape index (κ3) is 5.95. The number of nitrogens with zero attached hydrogens (tertiary/aromatic N) is 5. The number of benzene rings is 3. The van der Waals surface area contributed by atoms with Crippen molar-refractivity contribution in [2.24, 2.45) is 0 Å². The summed E-state index contributed by atoms with van der Waals surface area (Å²) < 4.78 is 20.2. The van der Waals surface area contributed by atoms with E-state index in [1.807, 2.05) is 98.9 Å². The Morgan fingerprint density at radius 3 is 2.41 bits per heavy atom. The second-order valence-corrected chi connectivity index (χ2v) is 11.0. The molecule has 3 aromatic heterocycles. The number of rotatable bonds is 10. The number of ether oxygens (including phenoxy) is 3. The quantitative estimate of drug-likeness (QED) is 0.179. The molecule has 0 aliphatic rings. The topological polar surface area (TPSA) is 92.8 Å². The van der Waals surface area contributed by atoms with Crippen LogP contribution in [0.1, 0.15) is 30.8 Å². The standard InChI is InChI=1S/C33H28ClN5O4S/c1-4-42-26-15-13-22(18-25(26)34)31-23(20-38(37-31)24-9-7-6-8-10-24)19-29-32(40)39-33(44-29)35-30(36-39)16-12-21-11-14-27(43-5-2)28(17-21)41-3/h6-20H,4-5H2,1-3H3/b16-12+,29-19-. The van der Waals surface area contributed by atoms with E-state index in [0.29, 0.717) is 56.5 Å². The normalized spacial score (nSPS) is 12.0. The molecule has 6 aromatic rings. The van der Waals surface area contributed by atoms with Crippen molar-refractivity contribution >= 4 is 46.1 Å². The first kappa shape index (κ1) is 29.2. The van der Waals surface area contributed by atoms with E-state index in [1.165, 1.54) is 15.9 Å². The van der Waals surface area contributed by atoms with E-state index in [4.69, 9.17) is 30.9 Å². The van der Waals surface area contributed by atoms with E-state index in [9.17, 15) is 4.79 Å². The summed E-state index contributed by atoms with van der Waals surface area (Å²) in [6.45, 7) is 4.88. The molecule has 0 saturated carbocycles. The van der Waals surface area contributed by atoms with E-state index >= 15 is 0 Å². The number of thiazole rings is 1. The molecular weight excluding hydrogens is 598 g/mol. The fourth-order valence-corrected chi connectivity index (χ4v) is 5.79. The minimum Gasteiger partial charge on any atom is -0.493 e. The summed E-state index contributed by atoms with van der Waals surface area (Å²) in [5.41, 5.74) is 3.73. The zero-order valence-corrected chi connectivity index (χ0v) is 25.8. The zero-order valence-electron chi connectivity index (χ0n) is 24.2. The SMILES string of the molecule is CCOc1ccc(-c2nn(-c3ccccc3)cc2/C=c2\sc3nc(/C=C/c4ccc(OCC)c(OC)c4)nn3c2=O)cc1Cl. The second kappa shape index (κ2) is 12.7. The Morgan fingerprint density at radius 1 is 0.909 bits per heavy atom. The molecule has 0 amide bonds. The first-order valence-corrected chi connectivity index (χ1v) is 15.1. The van der Waals surface area contributed by atoms with Crippen LogP contribution < -0.4 is 24.3 Å². The molecule has 6 rings (SSSR count). The summed E-state index contributed by atoms with van der Waals surface area (Å²) in [5.74, 6) is 2.34. The van der Waals surface area contributed by atoms with Crippen LogP contribution in [0.15, 0.2) is 77.7 Å². The fraction of sp³-hybridized carbons (Fsp3) is 0.152. The van der Waals surface area contributed by atoms with Gasteiger partial charge in [-0.05, 0) is 74.0 Å². The number of halogens is 1. The van der Waals surface area contributed by atoms with Crippen molar-refractivity contribution < 1.29 is 14.2 Å². The minimum absolute atomic E-state index is 0.261. The third-order valence-electron chi connectivity index (χ3n) is 6.67. The van der Waals surface area contributed by atoms with Gasteiger partial charge in [0.2, 0.25) is 4.96 Å². The Morgan fingerprint density at radius 2 is 1.68 bits per heavy atom. The molecule has 9 nitrogen and oxygen atoms in total. The summed E-state index contributed by atoms with van der Waals surface area (Å²) in [5, 5.41) is 9.78. The van der Waals surface area contributed by atoms with Gasteiger partial charge in [0.15, 0.2) is 17.3 Å². The van der Waals surface area contributed by atoms with Gasteiger partial charge in [0.1, 0.15) is 11.4 Å². The molecule has 44 heavy (non-hydrogen) atoms. The number of fused-ring (bicyclic) bond motifs is 1. The Hall–Kier alpha value is -4.93. The summed E-state index contributed by atoms with van der Waals surface area (Å²) in [6.07, 6.45) is 7.33. The van der Waals surface area contributed by atoms with Gasteiger partial charge in [-0.25, -0.2) is 4.68 Å². The summed E-state index contributed by atoms with van der Waals surface area (Å²) in [7, 11) is 1.60. The van der Waals surface area contributed by atoms with E-state index in [0.717, 1.165) is 22.4 Å². The van der Waals surface area contributed by atoms with E-state index in [1.54, 1.807) is 17.9 Å². The van der Waals surface area contributed by atoms with Crippen molar-refractivity contribution in [1.82, 2.24) is 24.4 Å². The average molecular weight is 626 g/mol. The molecule has 0 atom stereocenters. The lowest BCUT2D eigenvalue weighted by molar-refractivity contribution is 0.311. The van der Waals surface area contributed by atoms with Gasteiger partial charge in [0.25, 0.3) is 5.56 Å². The zero-order chi connectivity index (χ0) is 30.6. The van der Waals surface area contributed by atoms with Crippen molar-refractivity contribution in [2.75, 3.05) is 20.3 Å². The monoisotopic (exact) mass is 625 g/mol. The van der Waals surface area contributed by atoms with Gasteiger partial charge < -0.3 is 14.2 Å². The van der Waals surface area contributed by atoms with Crippen LogP contribution >= 0.6 is 22.9 Å². The van der Waals surface area contributed by atoms with Crippen molar-refractivity contribution in [3.05, 3.63) is 110 Å². The molecule has 0 unspecified atom stereocenters. The lowest BCUT2D eigenvalue weighted by Crippen LogP contribution is -2.23. The number of hydrogen-bond donors (Lipinski definition) is 0. The highest BCUT2D eigenvalue weighted by atomic mass is 35.5. The van der Waals surface area contributed by atoms with Crippen LogP contribution in [0.25, 0.3) is 40.1 Å². The summed E-state index contributed by atoms with van der Waals surface area (Å²) in [4.78, 5) is 18.5. The highest BCUT2D eigenvalue weighted by Gasteiger charge is 2.15. The lowest BCUT2D eigenvalue weighted by Gasteiger charge is -2.09. The molecule has 0 N–H and O–H groups in total. The van der Waals surface area contributed by atoms with Crippen molar-refractivity contribution in [3.63, 3.8) is 0 Å². The van der Waals surface area contributed by atoms with Gasteiger partial charge in [0.05, 0.1) is 35.6 Å². The van der Waals surface area contributed by atoms with Gasteiger partial charge in [-0.1, -0.05) is 53.3 Å². The number of methoxy groups -OCH3 is 1. The van der Waals surface area contributed by atoms with E-state index < -0.39 is 0 Å². The molecule has 0 aliphatic heterocycles. The van der Waals surface area contributed by atoms with E-state index in [-0.39, 0.29) is 5.56 Å². The minimum atomic E-state index is -0.261. The first-order valence-electron chi connectivity index (χ1n) is 14.0. The van der Waals surface area contributed by atoms with Crippen LogP contribution in [0, 0.1) is 0 Å². The van der Waals surface area contributed by atoms with Crippen LogP contribution in [-0.4, -0.2) is 44.7 Å². The van der Waals surface area contributed by atoms with Crippen LogP contribution in [0.2, 0.25) is 5.02 Å². The van der Waals surface area contributed by atoms with Crippen LogP contribution in [0.4, 0.5) is 0 Å². The Kier molecular flexibility index (Phi) is 8.44. The lowest BCUT2D eigenvalue weighted by atomic mass is 10.1. The third-order valence-corrected chi connectivity index (χ3v) is 7.92. The van der Waals surface area contributed by atoms with Crippen molar-refractivity contribution in [1.29, 1.82) is 0 Å². The molecule has 0 bridgehead atoms. The van der Waals surface area contributed by atoms with Crippen LogP contribution in [-0.2, 0) is 0 Å².